The fourth-order valence-corrected chi connectivity index (χ4v) is 5.85. The topological polar surface area (TPSA) is 148 Å². The normalized spacial score (nSPS) is 21.7. The lowest BCUT2D eigenvalue weighted by atomic mass is 9.97. The molecule has 1 N–H and O–H groups in total. The molecule has 1 aromatic heterocycles. The second-order valence-electron chi connectivity index (χ2n) is 9.29. The van der Waals surface area contributed by atoms with E-state index in [1.165, 1.54) is 27.7 Å². The molecule has 2 heterocycles. The Labute approximate surface area is 251 Å². The number of para-hydroxylation sites is 1. The minimum atomic E-state index is -1.20. The number of nitrogens with zero attached hydrogens (tertiary/aromatic N) is 3. The van der Waals surface area contributed by atoms with Crippen LogP contribution in [0.3, 0.4) is 0 Å². The molecule has 3 aromatic rings. The van der Waals surface area contributed by atoms with Gasteiger partial charge in [-0.25, -0.2) is 0 Å². The molecule has 0 radical (unpaired) electrons. The van der Waals surface area contributed by atoms with Gasteiger partial charge in [-0.05, 0) is 24.3 Å². The number of hydrogen-bond donors (Lipinski definition) is 1. The standard InChI is InChI=1S/C28H29ClN4O8S/c1-15(34)30-23-25(40-18(4)37)24(39-17(3)36)22(14-38-16(2)35)41-27(23)42-28-32-31-26(20-12-8-9-13-21(20)29)33(28)19-10-6-5-7-11-19/h5-13,22-25,27H,14H2,1-4H3,(H,30,34). The van der Waals surface area contributed by atoms with Gasteiger partial charge in [0, 0.05) is 38.9 Å². The van der Waals surface area contributed by atoms with Gasteiger partial charge in [-0.15, -0.1) is 10.2 Å². The molecule has 4 rings (SSSR count). The van der Waals surface area contributed by atoms with Gasteiger partial charge in [-0.3, -0.25) is 23.7 Å². The van der Waals surface area contributed by atoms with E-state index >= 15 is 0 Å². The summed E-state index contributed by atoms with van der Waals surface area (Å²) in [7, 11) is 0. The molecular weight excluding hydrogens is 588 g/mol. The van der Waals surface area contributed by atoms with Crippen molar-refractivity contribution in [2.45, 2.75) is 62.6 Å². The van der Waals surface area contributed by atoms with Gasteiger partial charge in [0.1, 0.15) is 24.2 Å². The van der Waals surface area contributed by atoms with Crippen LogP contribution in [0.1, 0.15) is 27.7 Å². The van der Waals surface area contributed by atoms with Crippen LogP contribution in [0, 0.1) is 0 Å². The molecule has 1 aliphatic rings. The summed E-state index contributed by atoms with van der Waals surface area (Å²) in [5.74, 6) is -1.96. The third kappa shape index (κ3) is 7.46. The molecule has 2 aromatic carbocycles. The van der Waals surface area contributed by atoms with E-state index in [1.807, 2.05) is 42.5 Å². The summed E-state index contributed by atoms with van der Waals surface area (Å²) >= 11 is 7.60. The molecular formula is C28H29ClN4O8S. The van der Waals surface area contributed by atoms with Crippen LogP contribution >= 0.6 is 23.4 Å². The number of aromatic nitrogens is 3. The Morgan fingerprint density at radius 1 is 0.905 bits per heavy atom. The maximum absolute atomic E-state index is 12.3. The summed E-state index contributed by atoms with van der Waals surface area (Å²) in [6, 6.07) is 15.5. The first-order chi connectivity index (χ1) is 20.0. The smallest absolute Gasteiger partial charge is 0.303 e. The zero-order valence-corrected chi connectivity index (χ0v) is 24.8. The van der Waals surface area contributed by atoms with Crippen molar-refractivity contribution in [2.24, 2.45) is 0 Å². The average Bonchev–Trinajstić information content (AvgIpc) is 3.34. The van der Waals surface area contributed by atoms with Gasteiger partial charge in [-0.2, -0.15) is 0 Å². The van der Waals surface area contributed by atoms with Crippen molar-refractivity contribution in [1.29, 1.82) is 0 Å². The van der Waals surface area contributed by atoms with Crippen LogP contribution in [0.4, 0.5) is 0 Å². The number of hydrogen-bond acceptors (Lipinski definition) is 11. The molecule has 1 aliphatic heterocycles. The van der Waals surface area contributed by atoms with Gasteiger partial charge < -0.3 is 24.3 Å². The number of rotatable bonds is 9. The molecule has 1 saturated heterocycles. The maximum Gasteiger partial charge on any atom is 0.303 e. The minimum absolute atomic E-state index is 0.314. The Kier molecular flexibility index (Phi) is 10.2. The van der Waals surface area contributed by atoms with Crippen LogP contribution in [-0.2, 0) is 38.1 Å². The SMILES string of the molecule is CC(=O)NC1C(Sc2nnc(-c3ccccc3Cl)n2-c2ccccc2)OC(COC(C)=O)C(OC(C)=O)C1OC(C)=O. The fraction of sp³-hybridized carbons (Fsp3) is 0.357. The number of halogens is 1. The quantitative estimate of drug-likeness (QED) is 0.279. The fourth-order valence-electron chi connectivity index (χ4n) is 4.47. The summed E-state index contributed by atoms with van der Waals surface area (Å²) in [5, 5.41) is 12.4. The second-order valence-corrected chi connectivity index (χ2v) is 10.8. The Morgan fingerprint density at radius 3 is 2.17 bits per heavy atom. The molecule has 42 heavy (non-hydrogen) atoms. The van der Waals surface area contributed by atoms with Gasteiger partial charge in [-0.1, -0.05) is 53.7 Å². The van der Waals surface area contributed by atoms with Crippen molar-refractivity contribution in [3.8, 4) is 17.1 Å². The molecule has 0 aliphatic carbocycles. The number of thioether (sulfide) groups is 1. The number of benzene rings is 2. The molecule has 1 fully saturated rings. The van der Waals surface area contributed by atoms with Crippen LogP contribution in [0.25, 0.3) is 17.1 Å². The summed E-state index contributed by atoms with van der Waals surface area (Å²) in [6.07, 6.45) is -3.45. The van der Waals surface area contributed by atoms with E-state index in [1.54, 1.807) is 16.7 Å². The van der Waals surface area contributed by atoms with E-state index in [0.29, 0.717) is 21.6 Å². The minimum Gasteiger partial charge on any atom is -0.463 e. The highest BCUT2D eigenvalue weighted by molar-refractivity contribution is 7.99. The Bertz CT molecular complexity index is 1450. The lowest BCUT2D eigenvalue weighted by molar-refractivity contribution is -0.211. The van der Waals surface area contributed by atoms with Crippen LogP contribution in [0.2, 0.25) is 5.02 Å². The predicted octanol–water partition coefficient (Wildman–Crippen LogP) is 3.34. The Morgan fingerprint density at radius 2 is 1.55 bits per heavy atom. The van der Waals surface area contributed by atoms with Gasteiger partial charge in [0.2, 0.25) is 5.91 Å². The number of ether oxygens (including phenoxy) is 4. The van der Waals surface area contributed by atoms with E-state index in [4.69, 9.17) is 30.5 Å². The first-order valence-corrected chi connectivity index (χ1v) is 14.1. The third-order valence-corrected chi connectivity index (χ3v) is 7.50. The van der Waals surface area contributed by atoms with E-state index in [2.05, 4.69) is 15.5 Å². The van der Waals surface area contributed by atoms with Crippen molar-refractivity contribution in [2.75, 3.05) is 6.61 Å². The highest BCUT2D eigenvalue weighted by Gasteiger charge is 2.51. The highest BCUT2D eigenvalue weighted by Crippen LogP contribution is 2.38. The highest BCUT2D eigenvalue weighted by atomic mass is 35.5. The summed E-state index contributed by atoms with van der Waals surface area (Å²) < 4.78 is 24.4. The lowest BCUT2D eigenvalue weighted by Crippen LogP contribution is -2.65. The second kappa shape index (κ2) is 13.8. The average molecular weight is 617 g/mol. The number of amides is 1. The molecule has 0 spiro atoms. The van der Waals surface area contributed by atoms with Gasteiger partial charge in [0.25, 0.3) is 0 Å². The van der Waals surface area contributed by atoms with Crippen molar-refractivity contribution in [3.63, 3.8) is 0 Å². The molecule has 222 valence electrons. The summed E-state index contributed by atoms with van der Waals surface area (Å²) in [5.41, 5.74) is 0.375. The molecule has 0 bridgehead atoms. The van der Waals surface area contributed by atoms with E-state index < -0.39 is 53.6 Å². The predicted molar refractivity (Wildman–Crippen MR) is 152 cm³/mol. The molecule has 5 atom stereocenters. The number of esters is 3. The lowest BCUT2D eigenvalue weighted by Gasteiger charge is -2.44. The van der Waals surface area contributed by atoms with Crippen molar-refractivity contribution in [3.05, 3.63) is 59.6 Å². The maximum atomic E-state index is 12.3. The van der Waals surface area contributed by atoms with Crippen molar-refractivity contribution in [1.82, 2.24) is 20.1 Å². The van der Waals surface area contributed by atoms with E-state index in [-0.39, 0.29) is 6.61 Å². The first kappa shape index (κ1) is 31.0. The van der Waals surface area contributed by atoms with Crippen molar-refractivity contribution >= 4 is 47.2 Å². The van der Waals surface area contributed by atoms with Crippen LogP contribution in [0.15, 0.2) is 59.8 Å². The van der Waals surface area contributed by atoms with Gasteiger partial charge >= 0.3 is 17.9 Å². The Balaban J connectivity index is 1.81. The molecule has 1 amide bonds. The van der Waals surface area contributed by atoms with Crippen molar-refractivity contribution < 1.29 is 38.1 Å². The molecule has 0 saturated carbocycles. The van der Waals surface area contributed by atoms with Crippen LogP contribution < -0.4 is 5.32 Å². The number of carbonyl (C=O) groups is 4. The third-order valence-electron chi connectivity index (χ3n) is 6.06. The summed E-state index contributed by atoms with van der Waals surface area (Å²) in [4.78, 5) is 48.2. The number of carbonyl (C=O) groups excluding carboxylic acids is 4. The molecule has 12 nitrogen and oxygen atoms in total. The molecule has 14 heteroatoms. The van der Waals surface area contributed by atoms with Crippen LogP contribution in [-0.4, -0.2) is 75.0 Å². The zero-order chi connectivity index (χ0) is 30.4. The van der Waals surface area contributed by atoms with Gasteiger partial charge in [0.05, 0.1) is 5.02 Å². The zero-order valence-electron chi connectivity index (χ0n) is 23.2. The van der Waals surface area contributed by atoms with Gasteiger partial charge in [0.15, 0.2) is 23.2 Å². The Hall–Kier alpha value is -3.94. The van der Waals surface area contributed by atoms with E-state index in [9.17, 15) is 19.2 Å². The molecule has 5 unspecified atom stereocenters. The number of nitrogens with one attached hydrogen (secondary N) is 1. The van der Waals surface area contributed by atoms with E-state index in [0.717, 1.165) is 17.4 Å². The first-order valence-electron chi connectivity index (χ1n) is 12.9. The summed E-state index contributed by atoms with van der Waals surface area (Å²) in [6.45, 7) is 4.57. The largest absolute Gasteiger partial charge is 0.463 e. The van der Waals surface area contributed by atoms with Crippen LogP contribution in [0.5, 0.6) is 0 Å². The monoisotopic (exact) mass is 616 g/mol.